The number of unbranched alkanes of at least 4 members (excludes halogenated alkanes) is 2. The largest absolute Gasteiger partial charge is 0.348 e. The van der Waals surface area contributed by atoms with Crippen LogP contribution in [0.1, 0.15) is 32.6 Å². The fourth-order valence-electron chi connectivity index (χ4n) is 0.558. The number of rotatable bonds is 4. The lowest BCUT2D eigenvalue weighted by molar-refractivity contribution is -0.183. The number of carbonyl (C=O) groups excluding carboxylic acids is 1. The summed E-state index contributed by atoms with van der Waals surface area (Å²) in [6, 6.07) is 0. The lowest BCUT2D eigenvalue weighted by atomic mass is 10.2. The number of carbonyl (C=O) groups is 1. The van der Waals surface area contributed by atoms with Crippen molar-refractivity contribution in [2.24, 2.45) is 0 Å². The third-order valence-corrected chi connectivity index (χ3v) is 1.07. The average Bonchev–Trinajstić information content (AvgIpc) is 1.89. The summed E-state index contributed by atoms with van der Waals surface area (Å²) in [5.74, 6) is -0.761. The minimum absolute atomic E-state index is 0.199. The molecule has 0 N–H and O–H groups in total. The van der Waals surface area contributed by atoms with Crippen LogP contribution in [0.2, 0.25) is 0 Å². The molecule has 2 nitrogen and oxygen atoms in total. The summed E-state index contributed by atoms with van der Waals surface area (Å²) in [7, 11) is 0. The molecule has 0 aliphatic heterocycles. The van der Waals surface area contributed by atoms with E-state index in [1.54, 1.807) is 0 Å². The molecule has 0 radical (unpaired) electrons. The summed E-state index contributed by atoms with van der Waals surface area (Å²) in [5, 5.41) is 0. The predicted molar refractivity (Wildman–Crippen MR) is 31.3 cm³/mol. The van der Waals surface area contributed by atoms with Crippen LogP contribution in [0.25, 0.3) is 0 Å². The van der Waals surface area contributed by atoms with E-state index in [9.17, 15) is 9.32 Å². The van der Waals surface area contributed by atoms with Gasteiger partial charge < -0.3 is 0 Å². The summed E-state index contributed by atoms with van der Waals surface area (Å²) >= 11 is 0. The van der Waals surface area contributed by atoms with Crippen molar-refractivity contribution in [2.45, 2.75) is 32.6 Å². The summed E-state index contributed by atoms with van der Waals surface area (Å²) in [5.41, 5.74) is 0. The molecule has 0 aromatic carbocycles. The van der Waals surface area contributed by atoms with E-state index in [0.29, 0.717) is 0 Å². The van der Waals surface area contributed by atoms with Gasteiger partial charge >= 0.3 is 5.97 Å². The van der Waals surface area contributed by atoms with Crippen molar-refractivity contribution in [1.29, 1.82) is 0 Å². The van der Waals surface area contributed by atoms with Gasteiger partial charge in [0.15, 0.2) is 0 Å². The van der Waals surface area contributed by atoms with Gasteiger partial charge in [-0.05, 0) is 6.42 Å². The molecule has 0 unspecified atom stereocenters. The molecule has 3 heteroatoms. The molecule has 0 saturated carbocycles. The van der Waals surface area contributed by atoms with Crippen LogP contribution in [0, 0.1) is 0 Å². The molecule has 0 saturated heterocycles. The quantitative estimate of drug-likeness (QED) is 0.549. The van der Waals surface area contributed by atoms with Crippen LogP contribution in [0.3, 0.4) is 0 Å². The zero-order valence-corrected chi connectivity index (χ0v) is 5.52. The smallest absolute Gasteiger partial charge is 0.255 e. The van der Waals surface area contributed by atoms with Crippen molar-refractivity contribution < 1.29 is 14.3 Å². The molecule has 0 aliphatic rings. The third kappa shape index (κ3) is 5.27. The maximum atomic E-state index is 11.0. The van der Waals surface area contributed by atoms with E-state index in [-0.39, 0.29) is 6.42 Å². The Labute approximate surface area is 53.9 Å². The molecular weight excluding hydrogens is 123 g/mol. The lowest BCUT2D eigenvalue weighted by Crippen LogP contribution is -1.95. The Morgan fingerprint density at radius 3 is 2.67 bits per heavy atom. The Kier molecular flexibility index (Phi) is 5.17. The zero-order valence-electron chi connectivity index (χ0n) is 5.52. The third-order valence-electron chi connectivity index (χ3n) is 1.07. The predicted octanol–water partition coefficient (Wildman–Crippen LogP) is 1.99. The normalized spacial score (nSPS) is 9.11. The second-order valence-electron chi connectivity index (χ2n) is 1.91. The van der Waals surface area contributed by atoms with E-state index in [2.05, 4.69) is 4.94 Å². The second-order valence-corrected chi connectivity index (χ2v) is 1.91. The van der Waals surface area contributed by atoms with Gasteiger partial charge in [-0.3, -0.25) is 4.94 Å². The van der Waals surface area contributed by atoms with E-state index in [1.807, 2.05) is 6.92 Å². The first-order valence-electron chi connectivity index (χ1n) is 3.12. The van der Waals surface area contributed by atoms with Crippen LogP contribution in [0.4, 0.5) is 4.53 Å². The fourth-order valence-corrected chi connectivity index (χ4v) is 0.558. The molecule has 0 aliphatic carbocycles. The molecule has 0 spiro atoms. The Balaban J connectivity index is 2.97. The first-order chi connectivity index (χ1) is 4.31. The van der Waals surface area contributed by atoms with E-state index >= 15 is 0 Å². The highest BCUT2D eigenvalue weighted by molar-refractivity contribution is 5.68. The van der Waals surface area contributed by atoms with Crippen molar-refractivity contribution in [3.8, 4) is 0 Å². The van der Waals surface area contributed by atoms with E-state index in [0.717, 1.165) is 19.3 Å². The van der Waals surface area contributed by atoms with Crippen LogP contribution in [-0.4, -0.2) is 5.97 Å². The highest BCUT2D eigenvalue weighted by atomic mass is 19.3. The van der Waals surface area contributed by atoms with Gasteiger partial charge in [0, 0.05) is 10.9 Å². The summed E-state index contributed by atoms with van der Waals surface area (Å²) in [6.07, 6.45) is 2.90. The SMILES string of the molecule is CCCCCC(=O)OF. The topological polar surface area (TPSA) is 26.3 Å². The number of halogens is 1. The summed E-state index contributed by atoms with van der Waals surface area (Å²) in [4.78, 5) is 13.0. The van der Waals surface area contributed by atoms with Gasteiger partial charge in [0.05, 0.1) is 0 Å². The summed E-state index contributed by atoms with van der Waals surface area (Å²) < 4.78 is 11.0. The molecule has 0 heterocycles. The van der Waals surface area contributed by atoms with Crippen molar-refractivity contribution in [3.63, 3.8) is 0 Å². The average molecular weight is 134 g/mol. The molecule has 0 amide bonds. The molecule has 9 heavy (non-hydrogen) atoms. The van der Waals surface area contributed by atoms with Gasteiger partial charge in [-0.25, -0.2) is 4.79 Å². The van der Waals surface area contributed by atoms with Crippen molar-refractivity contribution in [3.05, 3.63) is 0 Å². The molecule has 0 atom stereocenters. The van der Waals surface area contributed by atoms with E-state index < -0.39 is 5.97 Å². The fraction of sp³-hybridized carbons (Fsp3) is 0.833. The van der Waals surface area contributed by atoms with E-state index in [1.165, 1.54) is 0 Å². The number of hydrogen-bond acceptors (Lipinski definition) is 2. The Bertz CT molecular complexity index is 83.1. The van der Waals surface area contributed by atoms with Crippen molar-refractivity contribution in [1.82, 2.24) is 0 Å². The lowest BCUT2D eigenvalue weighted by Gasteiger charge is -1.91. The molecule has 0 aromatic heterocycles. The van der Waals surface area contributed by atoms with Gasteiger partial charge in [-0.1, -0.05) is 19.8 Å². The van der Waals surface area contributed by atoms with E-state index in [4.69, 9.17) is 0 Å². The standard InChI is InChI=1S/C6H11FO2/c1-2-3-4-5-6(8)9-7/h2-5H2,1H3. The maximum absolute atomic E-state index is 11.0. The summed E-state index contributed by atoms with van der Waals surface area (Å²) in [6.45, 7) is 2.01. The molecule has 0 rings (SSSR count). The maximum Gasteiger partial charge on any atom is 0.348 e. The number of hydrogen-bond donors (Lipinski definition) is 0. The van der Waals surface area contributed by atoms with Crippen LogP contribution in [0.15, 0.2) is 0 Å². The molecule has 54 valence electrons. The van der Waals surface area contributed by atoms with Crippen LogP contribution >= 0.6 is 0 Å². The van der Waals surface area contributed by atoms with Crippen LogP contribution in [-0.2, 0) is 9.74 Å². The van der Waals surface area contributed by atoms with Crippen LogP contribution < -0.4 is 0 Å². The molecular formula is C6H11FO2. The minimum atomic E-state index is -0.761. The van der Waals surface area contributed by atoms with Crippen molar-refractivity contribution >= 4 is 5.97 Å². The first-order valence-corrected chi connectivity index (χ1v) is 3.12. The van der Waals surface area contributed by atoms with Gasteiger partial charge in [0.2, 0.25) is 0 Å². The van der Waals surface area contributed by atoms with Crippen molar-refractivity contribution in [2.75, 3.05) is 0 Å². The van der Waals surface area contributed by atoms with Gasteiger partial charge in [-0.2, -0.15) is 0 Å². The van der Waals surface area contributed by atoms with Gasteiger partial charge in [0.25, 0.3) is 0 Å². The Morgan fingerprint density at radius 1 is 1.56 bits per heavy atom. The van der Waals surface area contributed by atoms with Gasteiger partial charge in [-0.15, -0.1) is 0 Å². The minimum Gasteiger partial charge on any atom is -0.255 e. The molecule has 0 aromatic rings. The first kappa shape index (κ1) is 8.40. The monoisotopic (exact) mass is 134 g/mol. The molecule has 0 fully saturated rings. The van der Waals surface area contributed by atoms with Gasteiger partial charge in [0.1, 0.15) is 0 Å². The Morgan fingerprint density at radius 2 is 2.22 bits per heavy atom. The highest BCUT2D eigenvalue weighted by Crippen LogP contribution is 1.99. The van der Waals surface area contributed by atoms with Crippen LogP contribution in [0.5, 0.6) is 0 Å². The highest BCUT2D eigenvalue weighted by Gasteiger charge is 1.99. The second kappa shape index (κ2) is 5.54. The molecule has 0 bridgehead atoms. The Hall–Kier alpha value is -0.600. The zero-order chi connectivity index (χ0) is 7.11.